The van der Waals surface area contributed by atoms with Gasteiger partial charge in [0.15, 0.2) is 0 Å². The molecule has 0 radical (unpaired) electrons. The van der Waals surface area contributed by atoms with E-state index >= 15 is 0 Å². The first-order valence-corrected chi connectivity index (χ1v) is 4.16. The number of hydrogen-bond donors (Lipinski definition) is 0. The predicted octanol–water partition coefficient (Wildman–Crippen LogP) is 3.37. The molecule has 0 aromatic carbocycles. The summed E-state index contributed by atoms with van der Waals surface area (Å²) in [5.41, 5.74) is 1.76. The number of rotatable bonds is 4. The van der Waals surface area contributed by atoms with Crippen molar-refractivity contribution in [2.45, 2.75) is 26.7 Å². The van der Waals surface area contributed by atoms with E-state index in [1.54, 1.807) is 6.08 Å². The van der Waals surface area contributed by atoms with Crippen molar-refractivity contribution < 1.29 is 0 Å². The Kier molecular flexibility index (Phi) is 5.73. The molecule has 0 aliphatic carbocycles. The molecule has 0 aromatic heterocycles. The average Bonchev–Trinajstić information content (AvgIpc) is 2.11. The molecule has 0 fully saturated rings. The van der Waals surface area contributed by atoms with E-state index in [0.717, 1.165) is 12.8 Å². The fourth-order valence-corrected chi connectivity index (χ4v) is 0.857. The van der Waals surface area contributed by atoms with Crippen LogP contribution in [0.25, 0.3) is 0 Å². The molecule has 1 nitrogen and oxygen atoms in total. The third-order valence-electron chi connectivity index (χ3n) is 1.55. The van der Waals surface area contributed by atoms with E-state index < -0.39 is 0 Å². The monoisotopic (exact) mass is 161 g/mol. The van der Waals surface area contributed by atoms with Gasteiger partial charge in [-0.25, -0.2) is 0 Å². The number of hydrogen-bond acceptors (Lipinski definition) is 1. The first-order valence-electron chi connectivity index (χ1n) is 4.16. The highest BCUT2D eigenvalue weighted by Crippen LogP contribution is 2.07. The van der Waals surface area contributed by atoms with Crippen LogP contribution in [-0.2, 0) is 0 Å². The van der Waals surface area contributed by atoms with E-state index in [9.17, 15) is 0 Å². The van der Waals surface area contributed by atoms with Crippen molar-refractivity contribution in [3.63, 3.8) is 0 Å². The van der Waals surface area contributed by atoms with Crippen LogP contribution in [0, 0.1) is 11.3 Å². The molecule has 0 heterocycles. The first kappa shape index (κ1) is 10.7. The number of nitriles is 1. The van der Waals surface area contributed by atoms with E-state index in [1.807, 2.05) is 19.1 Å². The highest BCUT2D eigenvalue weighted by Gasteiger charge is 1.88. The van der Waals surface area contributed by atoms with Gasteiger partial charge < -0.3 is 0 Å². The van der Waals surface area contributed by atoms with Gasteiger partial charge >= 0.3 is 0 Å². The maximum atomic E-state index is 8.43. The Morgan fingerprint density at radius 3 is 2.58 bits per heavy atom. The second kappa shape index (κ2) is 6.42. The second-order valence-corrected chi connectivity index (χ2v) is 2.58. The Morgan fingerprint density at radius 1 is 1.50 bits per heavy atom. The van der Waals surface area contributed by atoms with E-state index in [4.69, 9.17) is 5.26 Å². The zero-order valence-electron chi connectivity index (χ0n) is 7.80. The summed E-state index contributed by atoms with van der Waals surface area (Å²) in [6, 6.07) is 1.98. The fourth-order valence-electron chi connectivity index (χ4n) is 0.857. The molecular formula is C11H15N. The van der Waals surface area contributed by atoms with Crippen LogP contribution in [0.4, 0.5) is 0 Å². The molecule has 12 heavy (non-hydrogen) atoms. The van der Waals surface area contributed by atoms with E-state index in [-0.39, 0.29) is 0 Å². The Labute approximate surface area is 74.7 Å². The van der Waals surface area contributed by atoms with Crippen LogP contribution in [0.15, 0.2) is 36.0 Å². The number of allylic oxidation sites excluding steroid dienone is 5. The first-order chi connectivity index (χ1) is 5.74. The molecular weight excluding hydrogens is 146 g/mol. The molecule has 1 heteroatoms. The lowest BCUT2D eigenvalue weighted by Crippen LogP contribution is -1.76. The van der Waals surface area contributed by atoms with Crippen LogP contribution in [-0.4, -0.2) is 0 Å². The zero-order valence-corrected chi connectivity index (χ0v) is 7.80. The molecule has 64 valence electrons. The quantitative estimate of drug-likeness (QED) is 0.458. The topological polar surface area (TPSA) is 23.8 Å². The van der Waals surface area contributed by atoms with Gasteiger partial charge in [0, 0.05) is 5.57 Å². The van der Waals surface area contributed by atoms with Crippen LogP contribution in [0.5, 0.6) is 0 Å². The molecule has 0 rings (SSSR count). The molecule has 0 saturated carbocycles. The summed E-state index contributed by atoms with van der Waals surface area (Å²) in [4.78, 5) is 0. The minimum absolute atomic E-state index is 0.505. The highest BCUT2D eigenvalue weighted by molar-refractivity contribution is 5.34. The van der Waals surface area contributed by atoms with Crippen LogP contribution in [0.1, 0.15) is 26.7 Å². The van der Waals surface area contributed by atoms with Gasteiger partial charge in [0.2, 0.25) is 0 Å². The molecule has 0 saturated heterocycles. The minimum atomic E-state index is 0.505. The van der Waals surface area contributed by atoms with Crippen LogP contribution < -0.4 is 0 Å². The molecule has 0 aliphatic rings. The minimum Gasteiger partial charge on any atom is -0.192 e. The zero-order chi connectivity index (χ0) is 9.40. The van der Waals surface area contributed by atoms with E-state index in [0.29, 0.717) is 5.57 Å². The third kappa shape index (κ3) is 4.51. The Hall–Kier alpha value is -1.29. The van der Waals surface area contributed by atoms with Crippen molar-refractivity contribution >= 4 is 0 Å². The average molecular weight is 161 g/mol. The van der Waals surface area contributed by atoms with Gasteiger partial charge in [0.1, 0.15) is 0 Å². The van der Waals surface area contributed by atoms with Crippen molar-refractivity contribution in [3.8, 4) is 6.07 Å². The Bertz CT molecular complexity index is 238. The summed E-state index contributed by atoms with van der Waals surface area (Å²) in [5.74, 6) is 0. The van der Waals surface area contributed by atoms with Crippen molar-refractivity contribution in [1.82, 2.24) is 0 Å². The Morgan fingerprint density at radius 2 is 2.17 bits per heavy atom. The molecule has 0 unspecified atom stereocenters. The van der Waals surface area contributed by atoms with Gasteiger partial charge in [0.05, 0.1) is 6.07 Å². The fraction of sp³-hybridized carbons (Fsp3) is 0.364. The maximum Gasteiger partial charge on any atom is 0.0985 e. The van der Waals surface area contributed by atoms with Gasteiger partial charge in [-0.15, -0.1) is 0 Å². The van der Waals surface area contributed by atoms with Gasteiger partial charge in [0.25, 0.3) is 0 Å². The summed E-state index contributed by atoms with van der Waals surface area (Å²) < 4.78 is 0. The van der Waals surface area contributed by atoms with Crippen LogP contribution in [0.3, 0.4) is 0 Å². The summed E-state index contributed by atoms with van der Waals surface area (Å²) >= 11 is 0. The summed E-state index contributed by atoms with van der Waals surface area (Å²) in [7, 11) is 0. The van der Waals surface area contributed by atoms with Crippen molar-refractivity contribution in [2.75, 3.05) is 0 Å². The van der Waals surface area contributed by atoms with Crippen molar-refractivity contribution in [1.29, 1.82) is 5.26 Å². The molecule has 0 N–H and O–H groups in total. The van der Waals surface area contributed by atoms with Crippen LogP contribution in [0.2, 0.25) is 0 Å². The predicted molar refractivity (Wildman–Crippen MR) is 52.6 cm³/mol. The third-order valence-corrected chi connectivity index (χ3v) is 1.55. The van der Waals surface area contributed by atoms with Gasteiger partial charge in [-0.3, -0.25) is 0 Å². The summed E-state index contributed by atoms with van der Waals surface area (Å²) in [6.45, 7) is 7.70. The SMILES string of the molecule is C=C(C#N)C=C/C(=C\C)CCC. The summed E-state index contributed by atoms with van der Waals surface area (Å²) in [6.07, 6.45) is 7.96. The largest absolute Gasteiger partial charge is 0.192 e. The lowest BCUT2D eigenvalue weighted by Gasteiger charge is -1.95. The molecule has 0 aliphatic heterocycles. The molecule has 0 atom stereocenters. The molecule has 0 bridgehead atoms. The van der Waals surface area contributed by atoms with Gasteiger partial charge in [-0.2, -0.15) is 5.26 Å². The lowest BCUT2D eigenvalue weighted by atomic mass is 10.1. The molecule has 0 amide bonds. The number of nitrogens with zero attached hydrogens (tertiary/aromatic N) is 1. The van der Waals surface area contributed by atoms with Gasteiger partial charge in [-0.1, -0.05) is 37.6 Å². The Balaban J connectivity index is 4.14. The second-order valence-electron chi connectivity index (χ2n) is 2.58. The van der Waals surface area contributed by atoms with Crippen molar-refractivity contribution in [2.24, 2.45) is 0 Å². The summed E-state index contributed by atoms with van der Waals surface area (Å²) in [5, 5.41) is 8.43. The van der Waals surface area contributed by atoms with Gasteiger partial charge in [-0.05, 0) is 19.4 Å². The smallest absolute Gasteiger partial charge is 0.0985 e. The van der Waals surface area contributed by atoms with Crippen LogP contribution >= 0.6 is 0 Å². The highest BCUT2D eigenvalue weighted by atomic mass is 14.2. The van der Waals surface area contributed by atoms with E-state index in [2.05, 4.69) is 19.6 Å². The standard InChI is InChI=1S/C11H15N/c1-4-6-11(5-2)8-7-10(3)9-12/h5,7-8H,3-4,6H2,1-2H3/b8-7?,11-5-. The molecule has 0 spiro atoms. The maximum absolute atomic E-state index is 8.43. The lowest BCUT2D eigenvalue weighted by molar-refractivity contribution is 0.924. The normalized spacial score (nSPS) is 11.6. The van der Waals surface area contributed by atoms with Crippen molar-refractivity contribution in [3.05, 3.63) is 36.0 Å². The van der Waals surface area contributed by atoms with E-state index in [1.165, 1.54) is 5.57 Å². The molecule has 0 aromatic rings.